The number of pyridine rings is 2. The summed E-state index contributed by atoms with van der Waals surface area (Å²) in [5, 5.41) is 1.39. The minimum atomic E-state index is 0.453. The maximum Gasteiger partial charge on any atom is 0.156 e. The Morgan fingerprint density at radius 2 is 1.88 bits per heavy atom. The van der Waals surface area contributed by atoms with Crippen molar-refractivity contribution in [3.63, 3.8) is 0 Å². The number of fused-ring (bicyclic) bond motifs is 1. The molecule has 3 heterocycles. The molecule has 0 atom stereocenters. The number of hydrogen-bond donors (Lipinski definition) is 0. The van der Waals surface area contributed by atoms with Crippen molar-refractivity contribution in [1.29, 1.82) is 0 Å². The van der Waals surface area contributed by atoms with Gasteiger partial charge in [0, 0.05) is 24.2 Å². The average Bonchev–Trinajstić information content (AvgIpc) is 2.76. The molecule has 0 unspecified atom stereocenters. The van der Waals surface area contributed by atoms with E-state index in [1.807, 2.05) is 18.2 Å². The second kappa shape index (κ2) is 3.81. The maximum absolute atomic E-state index is 5.98. The van der Waals surface area contributed by atoms with Gasteiger partial charge < -0.3 is 0 Å². The van der Waals surface area contributed by atoms with E-state index in [1.54, 1.807) is 29.9 Å². The van der Waals surface area contributed by atoms with Crippen LogP contribution < -0.4 is 0 Å². The molecule has 78 valence electrons. The molecule has 5 heteroatoms. The number of halogens is 1. The van der Waals surface area contributed by atoms with Crippen LogP contribution in [0.3, 0.4) is 0 Å². The van der Waals surface area contributed by atoms with Crippen molar-refractivity contribution in [2.45, 2.75) is 0 Å². The number of aromatic nitrogens is 3. The summed E-state index contributed by atoms with van der Waals surface area (Å²) < 4.78 is 1.05. The molecule has 0 spiro atoms. The fourth-order valence-electron chi connectivity index (χ4n) is 1.44. The van der Waals surface area contributed by atoms with Gasteiger partial charge in [0.1, 0.15) is 10.5 Å². The first-order valence-electron chi connectivity index (χ1n) is 4.66. The zero-order chi connectivity index (χ0) is 11.0. The number of hydrogen-bond acceptors (Lipinski definition) is 4. The van der Waals surface area contributed by atoms with Crippen molar-refractivity contribution in [2.24, 2.45) is 0 Å². The van der Waals surface area contributed by atoms with Crippen LogP contribution in [0.2, 0.25) is 5.15 Å². The zero-order valence-corrected chi connectivity index (χ0v) is 9.66. The highest BCUT2D eigenvalue weighted by molar-refractivity contribution is 7.21. The lowest BCUT2D eigenvalue weighted by molar-refractivity contribution is 1.31. The summed E-state index contributed by atoms with van der Waals surface area (Å²) in [6, 6.07) is 5.78. The van der Waals surface area contributed by atoms with Crippen LogP contribution in [0.4, 0.5) is 0 Å². The van der Waals surface area contributed by atoms with E-state index in [2.05, 4.69) is 15.0 Å². The summed E-state index contributed by atoms with van der Waals surface area (Å²) in [5.74, 6) is 0. The molecule has 3 rings (SSSR count). The third-order valence-electron chi connectivity index (χ3n) is 2.19. The smallest absolute Gasteiger partial charge is 0.156 e. The Morgan fingerprint density at radius 1 is 1.06 bits per heavy atom. The van der Waals surface area contributed by atoms with Crippen molar-refractivity contribution in [3.8, 4) is 10.6 Å². The fourth-order valence-corrected chi connectivity index (χ4v) is 2.67. The molecule has 0 aliphatic heterocycles. The standard InChI is InChI=1S/C11H6ClN3S/c12-10-9-8(3-6-14-10)16-11(15-9)7-1-4-13-5-2-7/h1-6H. The Labute approximate surface area is 101 Å². The Bertz CT molecular complexity index is 636. The van der Waals surface area contributed by atoms with Gasteiger partial charge in [-0.25, -0.2) is 9.97 Å². The van der Waals surface area contributed by atoms with Crippen LogP contribution >= 0.6 is 22.9 Å². The van der Waals surface area contributed by atoms with Crippen molar-refractivity contribution < 1.29 is 0 Å². The Balaban J connectivity index is 2.23. The van der Waals surface area contributed by atoms with Gasteiger partial charge in [0.25, 0.3) is 0 Å². The van der Waals surface area contributed by atoms with Gasteiger partial charge in [0.15, 0.2) is 5.15 Å². The molecule has 16 heavy (non-hydrogen) atoms. The van der Waals surface area contributed by atoms with Gasteiger partial charge in [-0.15, -0.1) is 11.3 Å². The van der Waals surface area contributed by atoms with Gasteiger partial charge in [0.2, 0.25) is 0 Å². The minimum absolute atomic E-state index is 0.453. The highest BCUT2D eigenvalue weighted by Gasteiger charge is 2.08. The largest absolute Gasteiger partial charge is 0.265 e. The predicted octanol–water partition coefficient (Wildman–Crippen LogP) is 3.41. The van der Waals surface area contributed by atoms with Crippen LogP contribution in [0.15, 0.2) is 36.8 Å². The highest BCUT2D eigenvalue weighted by Crippen LogP contribution is 2.31. The van der Waals surface area contributed by atoms with Crippen LogP contribution in [-0.2, 0) is 0 Å². The van der Waals surface area contributed by atoms with Crippen LogP contribution in [0.5, 0.6) is 0 Å². The first-order chi connectivity index (χ1) is 7.84. The SMILES string of the molecule is Clc1nccc2sc(-c3ccncc3)nc12. The summed E-state index contributed by atoms with van der Waals surface area (Å²) in [6.07, 6.45) is 5.20. The second-order valence-electron chi connectivity index (χ2n) is 3.20. The van der Waals surface area contributed by atoms with E-state index in [0.717, 1.165) is 20.8 Å². The van der Waals surface area contributed by atoms with E-state index in [-0.39, 0.29) is 0 Å². The van der Waals surface area contributed by atoms with Crippen LogP contribution in [0, 0.1) is 0 Å². The lowest BCUT2D eigenvalue weighted by atomic mass is 10.3. The summed E-state index contributed by atoms with van der Waals surface area (Å²) in [4.78, 5) is 12.5. The predicted molar refractivity (Wildman–Crippen MR) is 65.7 cm³/mol. The molecule has 0 saturated carbocycles. The van der Waals surface area contributed by atoms with Gasteiger partial charge in [-0.3, -0.25) is 4.98 Å². The fraction of sp³-hybridized carbons (Fsp3) is 0. The van der Waals surface area contributed by atoms with Crippen molar-refractivity contribution in [1.82, 2.24) is 15.0 Å². The molecule has 0 aliphatic rings. The average molecular weight is 248 g/mol. The molecule has 0 bridgehead atoms. The molecule has 0 aliphatic carbocycles. The van der Waals surface area contributed by atoms with Crippen molar-refractivity contribution in [3.05, 3.63) is 41.9 Å². The van der Waals surface area contributed by atoms with Gasteiger partial charge in [-0.2, -0.15) is 0 Å². The maximum atomic E-state index is 5.98. The molecule has 3 nitrogen and oxygen atoms in total. The van der Waals surface area contributed by atoms with Crippen molar-refractivity contribution >= 4 is 33.2 Å². The van der Waals surface area contributed by atoms with Crippen LogP contribution in [0.1, 0.15) is 0 Å². The molecule has 3 aromatic heterocycles. The molecule has 0 radical (unpaired) electrons. The third-order valence-corrected chi connectivity index (χ3v) is 3.54. The second-order valence-corrected chi connectivity index (χ2v) is 4.59. The van der Waals surface area contributed by atoms with Gasteiger partial charge in [0.05, 0.1) is 4.70 Å². The lowest BCUT2D eigenvalue weighted by Crippen LogP contribution is -1.78. The molecule has 0 aromatic carbocycles. The molecule has 0 amide bonds. The first-order valence-corrected chi connectivity index (χ1v) is 5.85. The molecular formula is C11H6ClN3S. The molecule has 0 fully saturated rings. The van der Waals surface area contributed by atoms with E-state index < -0.39 is 0 Å². The summed E-state index contributed by atoms with van der Waals surface area (Å²) in [5.41, 5.74) is 1.81. The summed E-state index contributed by atoms with van der Waals surface area (Å²) in [6.45, 7) is 0. The van der Waals surface area contributed by atoms with E-state index in [1.165, 1.54) is 0 Å². The van der Waals surface area contributed by atoms with E-state index >= 15 is 0 Å². The quantitative estimate of drug-likeness (QED) is 0.619. The summed E-state index contributed by atoms with van der Waals surface area (Å²) in [7, 11) is 0. The van der Waals surface area contributed by atoms with Crippen molar-refractivity contribution in [2.75, 3.05) is 0 Å². The normalized spacial score (nSPS) is 10.8. The molecular weight excluding hydrogens is 242 g/mol. The number of nitrogens with zero attached hydrogens (tertiary/aromatic N) is 3. The lowest BCUT2D eigenvalue weighted by Gasteiger charge is -1.91. The van der Waals surface area contributed by atoms with E-state index in [9.17, 15) is 0 Å². The summed E-state index contributed by atoms with van der Waals surface area (Å²) >= 11 is 7.58. The van der Waals surface area contributed by atoms with E-state index in [0.29, 0.717) is 5.15 Å². The Morgan fingerprint density at radius 3 is 2.62 bits per heavy atom. The number of rotatable bonds is 1. The molecule has 3 aromatic rings. The monoisotopic (exact) mass is 247 g/mol. The first kappa shape index (κ1) is 9.69. The number of thiazole rings is 1. The molecule has 0 saturated heterocycles. The van der Waals surface area contributed by atoms with Gasteiger partial charge >= 0.3 is 0 Å². The zero-order valence-electron chi connectivity index (χ0n) is 8.09. The van der Waals surface area contributed by atoms with Crippen LogP contribution in [-0.4, -0.2) is 15.0 Å². The van der Waals surface area contributed by atoms with Gasteiger partial charge in [-0.05, 0) is 18.2 Å². The third kappa shape index (κ3) is 1.56. The van der Waals surface area contributed by atoms with E-state index in [4.69, 9.17) is 11.6 Å². The Kier molecular flexibility index (Phi) is 2.31. The van der Waals surface area contributed by atoms with Crippen LogP contribution in [0.25, 0.3) is 20.8 Å². The highest BCUT2D eigenvalue weighted by atomic mass is 35.5. The molecule has 0 N–H and O–H groups in total. The van der Waals surface area contributed by atoms with Gasteiger partial charge in [-0.1, -0.05) is 11.6 Å². The Hall–Kier alpha value is -1.52. The topological polar surface area (TPSA) is 38.7 Å². The minimum Gasteiger partial charge on any atom is -0.265 e.